The van der Waals surface area contributed by atoms with E-state index >= 15 is 0 Å². The third kappa shape index (κ3) is 3.12. The van der Waals surface area contributed by atoms with Crippen molar-refractivity contribution in [3.8, 4) is 0 Å². The summed E-state index contributed by atoms with van der Waals surface area (Å²) in [5.74, 6) is 0. The summed E-state index contributed by atoms with van der Waals surface area (Å²) in [5, 5.41) is 0. The van der Waals surface area contributed by atoms with Crippen molar-refractivity contribution in [2.75, 3.05) is 0 Å². The molecule has 0 amide bonds. The third-order valence-corrected chi connectivity index (χ3v) is 2.88. The van der Waals surface area contributed by atoms with Crippen molar-refractivity contribution in [1.29, 1.82) is 0 Å². The van der Waals surface area contributed by atoms with Gasteiger partial charge in [0.05, 0.1) is 6.61 Å². The van der Waals surface area contributed by atoms with E-state index < -0.39 is 9.04 Å². The van der Waals surface area contributed by atoms with Crippen molar-refractivity contribution in [3.63, 3.8) is 0 Å². The number of hydrogen-bond acceptors (Lipinski definition) is 1. The SMILES string of the molecule is C=C(C)c1ccccc1CO[SiH](C)C. The lowest BCUT2D eigenvalue weighted by Crippen LogP contribution is -2.08. The molecule has 2 heteroatoms. The van der Waals surface area contributed by atoms with E-state index in [1.165, 1.54) is 11.1 Å². The lowest BCUT2D eigenvalue weighted by Gasteiger charge is -2.11. The van der Waals surface area contributed by atoms with Crippen LogP contribution in [0.2, 0.25) is 13.1 Å². The zero-order chi connectivity index (χ0) is 10.6. The van der Waals surface area contributed by atoms with Crippen LogP contribution in [0.5, 0.6) is 0 Å². The molecule has 0 aliphatic carbocycles. The average Bonchev–Trinajstić information content (AvgIpc) is 2.15. The summed E-state index contributed by atoms with van der Waals surface area (Å²) in [4.78, 5) is 0. The average molecular weight is 206 g/mol. The van der Waals surface area contributed by atoms with Gasteiger partial charge in [0.15, 0.2) is 9.04 Å². The highest BCUT2D eigenvalue weighted by molar-refractivity contribution is 6.48. The Morgan fingerprint density at radius 3 is 2.57 bits per heavy atom. The molecule has 0 fully saturated rings. The van der Waals surface area contributed by atoms with Crippen LogP contribution in [0, 0.1) is 0 Å². The molecule has 0 N–H and O–H groups in total. The van der Waals surface area contributed by atoms with E-state index in [-0.39, 0.29) is 0 Å². The molecule has 0 saturated heterocycles. The van der Waals surface area contributed by atoms with Crippen LogP contribution in [0.25, 0.3) is 5.57 Å². The van der Waals surface area contributed by atoms with Crippen LogP contribution < -0.4 is 0 Å². The molecule has 0 heterocycles. The quantitative estimate of drug-likeness (QED) is 0.687. The summed E-state index contributed by atoms with van der Waals surface area (Å²) >= 11 is 0. The largest absolute Gasteiger partial charge is 0.416 e. The number of allylic oxidation sites excluding steroid dienone is 1. The Morgan fingerprint density at radius 2 is 2.00 bits per heavy atom. The van der Waals surface area contributed by atoms with Gasteiger partial charge in [0.25, 0.3) is 0 Å². The summed E-state index contributed by atoms with van der Waals surface area (Å²) < 4.78 is 5.72. The maximum Gasteiger partial charge on any atom is 0.171 e. The molecule has 0 aromatic heterocycles. The highest BCUT2D eigenvalue weighted by Gasteiger charge is 2.03. The number of benzene rings is 1. The van der Waals surface area contributed by atoms with Gasteiger partial charge >= 0.3 is 0 Å². The minimum Gasteiger partial charge on any atom is -0.416 e. The first-order valence-corrected chi connectivity index (χ1v) is 7.74. The van der Waals surface area contributed by atoms with Gasteiger partial charge in [0, 0.05) is 0 Å². The smallest absolute Gasteiger partial charge is 0.171 e. The first-order chi connectivity index (χ1) is 6.61. The van der Waals surface area contributed by atoms with E-state index in [1.54, 1.807) is 0 Å². The molecule has 0 unspecified atom stereocenters. The maximum absolute atomic E-state index is 5.72. The molecule has 0 saturated carbocycles. The molecule has 1 aromatic carbocycles. The second kappa shape index (κ2) is 5.13. The highest BCUT2D eigenvalue weighted by atomic mass is 28.3. The Bertz CT molecular complexity index is 318. The van der Waals surface area contributed by atoms with Gasteiger partial charge in [0.2, 0.25) is 0 Å². The molecule has 0 atom stereocenters. The number of rotatable bonds is 4. The number of hydrogen-bond donors (Lipinski definition) is 0. The minimum atomic E-state index is -0.922. The zero-order valence-corrected chi connectivity index (χ0v) is 10.4. The second-order valence-corrected chi connectivity index (χ2v) is 6.23. The van der Waals surface area contributed by atoms with Crippen molar-refractivity contribution < 1.29 is 4.43 Å². The first-order valence-electron chi connectivity index (χ1n) is 4.96. The Hall–Kier alpha value is -0.863. The lowest BCUT2D eigenvalue weighted by atomic mass is 10.0. The first kappa shape index (κ1) is 11.2. The van der Waals surface area contributed by atoms with E-state index in [1.807, 2.05) is 19.1 Å². The summed E-state index contributed by atoms with van der Waals surface area (Å²) in [5.41, 5.74) is 3.58. The van der Waals surface area contributed by atoms with Crippen molar-refractivity contribution in [2.45, 2.75) is 26.6 Å². The van der Waals surface area contributed by atoms with Crippen LogP contribution in [0.1, 0.15) is 18.1 Å². The molecule has 0 bridgehead atoms. The van der Waals surface area contributed by atoms with Crippen LogP contribution in [0.4, 0.5) is 0 Å². The van der Waals surface area contributed by atoms with Crippen LogP contribution in [-0.4, -0.2) is 9.04 Å². The molecule has 76 valence electrons. The molecule has 0 aliphatic rings. The molecule has 1 rings (SSSR count). The third-order valence-electron chi connectivity index (χ3n) is 2.05. The van der Waals surface area contributed by atoms with Crippen LogP contribution in [-0.2, 0) is 11.0 Å². The van der Waals surface area contributed by atoms with Crippen molar-refractivity contribution in [3.05, 3.63) is 42.0 Å². The molecule has 0 radical (unpaired) electrons. The second-order valence-electron chi connectivity index (χ2n) is 3.80. The fraction of sp³-hybridized carbons (Fsp3) is 0.333. The Kier molecular flexibility index (Phi) is 4.11. The molecule has 1 nitrogen and oxygen atoms in total. The normalized spacial score (nSPS) is 10.6. The summed E-state index contributed by atoms with van der Waals surface area (Å²) in [6.45, 7) is 11.1. The Balaban J connectivity index is 2.79. The van der Waals surface area contributed by atoms with E-state index in [4.69, 9.17) is 4.43 Å². The van der Waals surface area contributed by atoms with Gasteiger partial charge in [-0.3, -0.25) is 0 Å². The van der Waals surface area contributed by atoms with Gasteiger partial charge in [-0.15, -0.1) is 0 Å². The lowest BCUT2D eigenvalue weighted by molar-refractivity contribution is 0.314. The van der Waals surface area contributed by atoms with Crippen LogP contribution >= 0.6 is 0 Å². The summed E-state index contributed by atoms with van der Waals surface area (Å²) in [6, 6.07) is 8.30. The summed E-state index contributed by atoms with van der Waals surface area (Å²) in [7, 11) is -0.922. The molecular formula is C12H18OSi. The standard InChI is InChI=1S/C12H18OSi/c1-10(2)12-8-6-5-7-11(12)9-13-14(3)4/h5-8,14H,1,9H2,2-4H3. The van der Waals surface area contributed by atoms with E-state index in [2.05, 4.69) is 31.8 Å². The highest BCUT2D eigenvalue weighted by Crippen LogP contribution is 2.17. The fourth-order valence-corrected chi connectivity index (χ4v) is 1.83. The van der Waals surface area contributed by atoms with E-state index in [0.29, 0.717) is 0 Å². The molecule has 1 aromatic rings. The Labute approximate surface area is 88.1 Å². The zero-order valence-electron chi connectivity index (χ0n) is 9.21. The summed E-state index contributed by atoms with van der Waals surface area (Å²) in [6.07, 6.45) is 0. The molecular weight excluding hydrogens is 188 g/mol. The minimum absolute atomic E-state index is 0.729. The van der Waals surface area contributed by atoms with Crippen molar-refractivity contribution in [1.82, 2.24) is 0 Å². The van der Waals surface area contributed by atoms with Gasteiger partial charge in [-0.05, 0) is 31.1 Å². The van der Waals surface area contributed by atoms with Gasteiger partial charge in [-0.25, -0.2) is 0 Å². The van der Waals surface area contributed by atoms with Crippen molar-refractivity contribution in [2.24, 2.45) is 0 Å². The van der Waals surface area contributed by atoms with Gasteiger partial charge in [0.1, 0.15) is 0 Å². The predicted octanol–water partition coefficient (Wildman–Crippen LogP) is 3.22. The molecule has 0 spiro atoms. The molecule has 0 aliphatic heterocycles. The van der Waals surface area contributed by atoms with Crippen LogP contribution in [0.3, 0.4) is 0 Å². The van der Waals surface area contributed by atoms with Gasteiger partial charge < -0.3 is 4.43 Å². The molecule has 14 heavy (non-hydrogen) atoms. The van der Waals surface area contributed by atoms with E-state index in [9.17, 15) is 0 Å². The van der Waals surface area contributed by atoms with Crippen molar-refractivity contribution >= 4 is 14.6 Å². The fourth-order valence-electron chi connectivity index (χ4n) is 1.32. The predicted molar refractivity (Wildman–Crippen MR) is 64.8 cm³/mol. The Morgan fingerprint density at radius 1 is 1.36 bits per heavy atom. The van der Waals surface area contributed by atoms with Gasteiger partial charge in [-0.1, -0.05) is 36.4 Å². The monoisotopic (exact) mass is 206 g/mol. The maximum atomic E-state index is 5.72. The van der Waals surface area contributed by atoms with Gasteiger partial charge in [-0.2, -0.15) is 0 Å². The topological polar surface area (TPSA) is 9.23 Å². The van der Waals surface area contributed by atoms with Crippen LogP contribution in [0.15, 0.2) is 30.8 Å². The van der Waals surface area contributed by atoms with E-state index in [0.717, 1.165) is 12.2 Å².